The van der Waals surface area contributed by atoms with E-state index in [4.69, 9.17) is 5.11 Å². The molecule has 16 heavy (non-hydrogen) atoms. The second kappa shape index (κ2) is 4.61. The maximum atomic E-state index is 11.5. The summed E-state index contributed by atoms with van der Waals surface area (Å²) >= 11 is 0. The quantitative estimate of drug-likeness (QED) is 0.666. The summed E-state index contributed by atoms with van der Waals surface area (Å²) < 4.78 is 0. The predicted molar refractivity (Wildman–Crippen MR) is 56.4 cm³/mol. The summed E-state index contributed by atoms with van der Waals surface area (Å²) in [5.74, 6) is -1.85. The molecule has 1 heterocycles. The van der Waals surface area contributed by atoms with Crippen molar-refractivity contribution in [3.63, 3.8) is 0 Å². The fraction of sp³-hybridized carbons (Fsp3) is 0.300. The minimum absolute atomic E-state index is 0.0984. The van der Waals surface area contributed by atoms with E-state index in [2.05, 4.69) is 10.3 Å². The number of carboxylic acid groups (broad SMARTS) is 1. The standard InChI is InChI=1S/C10H12N2O4/c1-5-3-8(13)7(4-11-5)9(14)12-6(2)10(15)16/h3-4,6H,1-2H3,(H,11,13)(H,12,14)(H,15,16)/t6-/m0/s1. The Bertz CT molecular complexity index is 478. The number of aromatic amines is 1. The predicted octanol–water partition coefficient (Wildman–Crippen LogP) is -0.114. The van der Waals surface area contributed by atoms with Gasteiger partial charge in [0.15, 0.2) is 5.43 Å². The Labute approximate surface area is 91.3 Å². The molecule has 0 fully saturated rings. The van der Waals surface area contributed by atoms with Gasteiger partial charge in [0.05, 0.1) is 0 Å². The van der Waals surface area contributed by atoms with Gasteiger partial charge in [0.2, 0.25) is 0 Å². The highest BCUT2D eigenvalue weighted by Gasteiger charge is 2.17. The van der Waals surface area contributed by atoms with Crippen LogP contribution in [0.1, 0.15) is 23.0 Å². The number of carbonyl (C=O) groups is 2. The van der Waals surface area contributed by atoms with Crippen LogP contribution in [0.15, 0.2) is 17.1 Å². The van der Waals surface area contributed by atoms with Crippen LogP contribution in [0, 0.1) is 6.92 Å². The van der Waals surface area contributed by atoms with Gasteiger partial charge in [-0.2, -0.15) is 0 Å². The molecule has 6 heteroatoms. The van der Waals surface area contributed by atoms with Crippen LogP contribution in [0.25, 0.3) is 0 Å². The Hall–Kier alpha value is -2.11. The number of amides is 1. The number of H-pyrrole nitrogens is 1. The molecule has 0 saturated heterocycles. The lowest BCUT2D eigenvalue weighted by atomic mass is 10.2. The van der Waals surface area contributed by atoms with Crippen LogP contribution in [-0.2, 0) is 4.79 Å². The van der Waals surface area contributed by atoms with E-state index in [1.807, 2.05) is 0 Å². The van der Waals surface area contributed by atoms with Gasteiger partial charge in [-0.25, -0.2) is 0 Å². The van der Waals surface area contributed by atoms with E-state index in [9.17, 15) is 14.4 Å². The largest absolute Gasteiger partial charge is 0.480 e. The third-order valence-corrected chi connectivity index (χ3v) is 2.02. The lowest BCUT2D eigenvalue weighted by molar-refractivity contribution is -0.138. The van der Waals surface area contributed by atoms with Gasteiger partial charge in [-0.05, 0) is 13.8 Å². The van der Waals surface area contributed by atoms with Crippen molar-refractivity contribution >= 4 is 11.9 Å². The zero-order chi connectivity index (χ0) is 12.3. The first-order chi connectivity index (χ1) is 7.41. The van der Waals surface area contributed by atoms with Crippen molar-refractivity contribution in [1.82, 2.24) is 10.3 Å². The molecule has 1 atom stereocenters. The molecule has 0 aliphatic rings. The molecule has 0 aromatic carbocycles. The maximum absolute atomic E-state index is 11.5. The number of aromatic nitrogens is 1. The molecule has 0 radical (unpaired) electrons. The Morgan fingerprint density at radius 1 is 1.50 bits per heavy atom. The molecule has 0 aliphatic heterocycles. The number of carbonyl (C=O) groups excluding carboxylic acids is 1. The van der Waals surface area contributed by atoms with E-state index < -0.39 is 23.3 Å². The highest BCUT2D eigenvalue weighted by Crippen LogP contribution is 1.93. The molecule has 0 spiro atoms. The van der Waals surface area contributed by atoms with Crippen LogP contribution in [0.4, 0.5) is 0 Å². The molecule has 1 amide bonds. The zero-order valence-electron chi connectivity index (χ0n) is 8.90. The molecule has 1 rings (SSSR count). The monoisotopic (exact) mass is 224 g/mol. The van der Waals surface area contributed by atoms with Crippen molar-refractivity contribution in [3.8, 4) is 0 Å². The molecule has 0 bridgehead atoms. The molecule has 0 unspecified atom stereocenters. The molecule has 86 valence electrons. The molecule has 1 aromatic heterocycles. The summed E-state index contributed by atoms with van der Waals surface area (Å²) in [6.45, 7) is 3.01. The lowest BCUT2D eigenvalue weighted by Gasteiger charge is -2.08. The molecular weight excluding hydrogens is 212 g/mol. The van der Waals surface area contributed by atoms with Gasteiger partial charge in [0, 0.05) is 18.0 Å². The Morgan fingerprint density at radius 2 is 2.12 bits per heavy atom. The van der Waals surface area contributed by atoms with Gasteiger partial charge in [0.25, 0.3) is 5.91 Å². The van der Waals surface area contributed by atoms with Gasteiger partial charge in [-0.3, -0.25) is 14.4 Å². The van der Waals surface area contributed by atoms with Crippen LogP contribution in [0.5, 0.6) is 0 Å². The fourth-order valence-corrected chi connectivity index (χ4v) is 1.09. The third-order valence-electron chi connectivity index (χ3n) is 2.02. The molecule has 3 N–H and O–H groups in total. The second-order valence-electron chi connectivity index (χ2n) is 3.43. The zero-order valence-corrected chi connectivity index (χ0v) is 8.90. The Balaban J connectivity index is 2.89. The second-order valence-corrected chi connectivity index (χ2v) is 3.43. The van der Waals surface area contributed by atoms with Crippen molar-refractivity contribution in [2.45, 2.75) is 19.9 Å². The summed E-state index contributed by atoms with van der Waals surface area (Å²) in [4.78, 5) is 36.1. The number of pyridine rings is 1. The van der Waals surface area contributed by atoms with Crippen LogP contribution in [0.2, 0.25) is 0 Å². The summed E-state index contributed by atoms with van der Waals surface area (Å²) in [7, 11) is 0. The van der Waals surface area contributed by atoms with E-state index in [1.165, 1.54) is 19.2 Å². The van der Waals surface area contributed by atoms with Crippen molar-refractivity contribution in [3.05, 3.63) is 33.7 Å². The van der Waals surface area contributed by atoms with Gasteiger partial charge < -0.3 is 15.4 Å². The number of rotatable bonds is 3. The normalized spacial score (nSPS) is 11.9. The Morgan fingerprint density at radius 3 is 2.62 bits per heavy atom. The SMILES string of the molecule is Cc1cc(=O)c(C(=O)N[C@@H](C)C(=O)O)c[nH]1. The van der Waals surface area contributed by atoms with Crippen molar-refractivity contribution in [2.24, 2.45) is 0 Å². The van der Waals surface area contributed by atoms with E-state index in [0.29, 0.717) is 5.69 Å². The number of aryl methyl sites for hydroxylation is 1. The van der Waals surface area contributed by atoms with Crippen molar-refractivity contribution < 1.29 is 14.7 Å². The summed E-state index contributed by atoms with van der Waals surface area (Å²) in [6.07, 6.45) is 1.27. The van der Waals surface area contributed by atoms with E-state index in [1.54, 1.807) is 6.92 Å². The van der Waals surface area contributed by atoms with E-state index in [0.717, 1.165) is 0 Å². The van der Waals surface area contributed by atoms with Crippen molar-refractivity contribution in [1.29, 1.82) is 0 Å². The van der Waals surface area contributed by atoms with Crippen molar-refractivity contribution in [2.75, 3.05) is 0 Å². The highest BCUT2D eigenvalue weighted by molar-refractivity contribution is 5.96. The topological polar surface area (TPSA) is 99.3 Å². The number of carboxylic acids is 1. The summed E-state index contributed by atoms with van der Waals surface area (Å²) in [5.41, 5.74) is 0.0953. The molecule has 1 aromatic rings. The Kier molecular flexibility index (Phi) is 3.44. The van der Waals surface area contributed by atoms with Crippen LogP contribution >= 0.6 is 0 Å². The highest BCUT2D eigenvalue weighted by atomic mass is 16.4. The number of nitrogens with one attached hydrogen (secondary N) is 2. The summed E-state index contributed by atoms with van der Waals surface area (Å²) in [5, 5.41) is 10.8. The smallest absolute Gasteiger partial charge is 0.325 e. The first-order valence-corrected chi connectivity index (χ1v) is 4.65. The first-order valence-electron chi connectivity index (χ1n) is 4.65. The minimum Gasteiger partial charge on any atom is -0.480 e. The van der Waals surface area contributed by atoms with Gasteiger partial charge in [-0.1, -0.05) is 0 Å². The van der Waals surface area contributed by atoms with E-state index in [-0.39, 0.29) is 5.56 Å². The molecular formula is C10H12N2O4. The van der Waals surface area contributed by atoms with E-state index >= 15 is 0 Å². The summed E-state index contributed by atoms with van der Waals surface area (Å²) in [6, 6.07) is 0.244. The fourth-order valence-electron chi connectivity index (χ4n) is 1.09. The van der Waals surface area contributed by atoms with Gasteiger partial charge in [-0.15, -0.1) is 0 Å². The average Bonchev–Trinajstić information content (AvgIpc) is 2.16. The van der Waals surface area contributed by atoms with Gasteiger partial charge in [0.1, 0.15) is 11.6 Å². The molecule has 6 nitrogen and oxygen atoms in total. The lowest BCUT2D eigenvalue weighted by Crippen LogP contribution is -2.40. The van der Waals surface area contributed by atoms with Crippen LogP contribution in [-0.4, -0.2) is 28.0 Å². The molecule has 0 saturated carbocycles. The third kappa shape index (κ3) is 2.69. The number of aliphatic carboxylic acids is 1. The number of hydrogen-bond donors (Lipinski definition) is 3. The molecule has 0 aliphatic carbocycles. The number of hydrogen-bond acceptors (Lipinski definition) is 3. The van der Waals surface area contributed by atoms with Crippen LogP contribution < -0.4 is 10.7 Å². The van der Waals surface area contributed by atoms with Crippen LogP contribution in [0.3, 0.4) is 0 Å². The van der Waals surface area contributed by atoms with Gasteiger partial charge >= 0.3 is 5.97 Å². The maximum Gasteiger partial charge on any atom is 0.325 e. The minimum atomic E-state index is -1.16. The average molecular weight is 224 g/mol. The first kappa shape index (κ1) is 12.0.